The van der Waals surface area contributed by atoms with Crippen LogP contribution in [0, 0.1) is 5.92 Å². The maximum Gasteiger partial charge on any atom is 0.282 e. The molecule has 1 aliphatic rings. The van der Waals surface area contributed by atoms with Crippen LogP contribution < -0.4 is 0 Å². The molecule has 2 rings (SSSR count). The minimum atomic E-state index is -3.35. The molecule has 6 nitrogen and oxygen atoms in total. The van der Waals surface area contributed by atoms with E-state index in [2.05, 4.69) is 17.1 Å². The van der Waals surface area contributed by atoms with Crippen molar-refractivity contribution < 1.29 is 8.42 Å². The van der Waals surface area contributed by atoms with Gasteiger partial charge in [-0.05, 0) is 24.8 Å². The molecule has 2 heterocycles. The van der Waals surface area contributed by atoms with Crippen LogP contribution in [0.15, 0.2) is 12.3 Å². The molecule has 1 atom stereocenters. The summed E-state index contributed by atoms with van der Waals surface area (Å²) >= 11 is 0. The topological polar surface area (TPSA) is 69.3 Å². The van der Waals surface area contributed by atoms with Crippen molar-refractivity contribution in [3.05, 3.63) is 18.0 Å². The van der Waals surface area contributed by atoms with E-state index in [0.29, 0.717) is 25.6 Å². The Labute approximate surface area is 108 Å². The zero-order valence-corrected chi connectivity index (χ0v) is 11.7. The Kier molecular flexibility index (Phi) is 4.04. The van der Waals surface area contributed by atoms with Crippen LogP contribution in [-0.2, 0) is 16.8 Å². The molecule has 1 saturated heterocycles. The van der Waals surface area contributed by atoms with Crippen LogP contribution >= 0.6 is 0 Å². The molecule has 1 aromatic heterocycles. The fourth-order valence-electron chi connectivity index (χ4n) is 2.25. The number of piperidine rings is 1. The summed E-state index contributed by atoms with van der Waals surface area (Å²) in [5.74, 6) is 0.439. The van der Waals surface area contributed by atoms with Crippen molar-refractivity contribution >= 4 is 10.2 Å². The fourth-order valence-corrected chi connectivity index (χ4v) is 3.75. The van der Waals surface area contributed by atoms with Crippen molar-refractivity contribution in [2.24, 2.45) is 5.92 Å². The van der Waals surface area contributed by atoms with E-state index in [9.17, 15) is 8.42 Å². The van der Waals surface area contributed by atoms with Gasteiger partial charge in [0.2, 0.25) is 0 Å². The van der Waals surface area contributed by atoms with E-state index in [1.807, 2.05) is 0 Å². The van der Waals surface area contributed by atoms with Gasteiger partial charge in [0.15, 0.2) is 0 Å². The molecule has 0 aliphatic carbocycles. The molecule has 1 N–H and O–H groups in total. The zero-order chi connectivity index (χ0) is 13.2. The second-order valence-electron chi connectivity index (χ2n) is 4.95. The number of aromatic nitrogens is 2. The van der Waals surface area contributed by atoms with Crippen molar-refractivity contribution in [1.82, 2.24) is 18.8 Å². The molecular formula is C11H20N4O2S. The highest BCUT2D eigenvalue weighted by Crippen LogP contribution is 2.20. The van der Waals surface area contributed by atoms with E-state index in [0.717, 1.165) is 18.5 Å². The SMILES string of the molecule is C[C@@H]1CCCN(S(=O)(=O)N(C)Cc2ccn[nH]2)C1. The van der Waals surface area contributed by atoms with Gasteiger partial charge < -0.3 is 0 Å². The molecule has 1 aromatic rings. The minimum absolute atomic E-state index is 0.327. The van der Waals surface area contributed by atoms with Crippen molar-refractivity contribution in [2.75, 3.05) is 20.1 Å². The van der Waals surface area contributed by atoms with Crippen LogP contribution in [0.25, 0.3) is 0 Å². The molecule has 102 valence electrons. The third-order valence-corrected chi connectivity index (χ3v) is 5.19. The van der Waals surface area contributed by atoms with Crippen LogP contribution in [0.4, 0.5) is 0 Å². The highest BCUT2D eigenvalue weighted by atomic mass is 32.2. The lowest BCUT2D eigenvalue weighted by Crippen LogP contribution is -2.46. The molecule has 0 aromatic carbocycles. The Balaban J connectivity index is 2.05. The lowest BCUT2D eigenvalue weighted by Gasteiger charge is -2.32. The first-order chi connectivity index (χ1) is 8.50. The average molecular weight is 272 g/mol. The Morgan fingerprint density at radius 3 is 3.00 bits per heavy atom. The van der Waals surface area contributed by atoms with Gasteiger partial charge in [0.1, 0.15) is 0 Å². The molecule has 0 spiro atoms. The number of rotatable bonds is 4. The normalized spacial score (nSPS) is 22.5. The summed E-state index contributed by atoms with van der Waals surface area (Å²) in [7, 11) is -1.75. The smallest absolute Gasteiger partial charge is 0.281 e. The van der Waals surface area contributed by atoms with Gasteiger partial charge >= 0.3 is 0 Å². The first-order valence-corrected chi connectivity index (χ1v) is 7.59. The lowest BCUT2D eigenvalue weighted by atomic mass is 10.0. The third kappa shape index (κ3) is 2.90. The predicted molar refractivity (Wildman–Crippen MR) is 68.9 cm³/mol. The predicted octanol–water partition coefficient (Wildman–Crippen LogP) is 0.818. The number of nitrogens with zero attached hydrogens (tertiary/aromatic N) is 3. The summed E-state index contributed by atoms with van der Waals surface area (Å²) in [4.78, 5) is 0. The molecular weight excluding hydrogens is 252 g/mol. The van der Waals surface area contributed by atoms with Gasteiger partial charge in [0, 0.05) is 26.3 Å². The van der Waals surface area contributed by atoms with E-state index in [1.54, 1.807) is 23.6 Å². The summed E-state index contributed by atoms with van der Waals surface area (Å²) in [6.07, 6.45) is 3.67. The molecule has 0 radical (unpaired) electrons. The van der Waals surface area contributed by atoms with Crippen molar-refractivity contribution in [3.63, 3.8) is 0 Å². The summed E-state index contributed by atoms with van der Waals surface area (Å²) in [6.45, 7) is 3.67. The van der Waals surface area contributed by atoms with Crippen molar-refractivity contribution in [1.29, 1.82) is 0 Å². The quantitative estimate of drug-likeness (QED) is 0.882. The highest BCUT2D eigenvalue weighted by Gasteiger charge is 2.30. The van der Waals surface area contributed by atoms with Gasteiger partial charge in [-0.3, -0.25) is 5.10 Å². The third-order valence-electron chi connectivity index (χ3n) is 3.29. The number of hydrogen-bond donors (Lipinski definition) is 1. The summed E-state index contributed by atoms with van der Waals surface area (Å²) in [6, 6.07) is 1.78. The van der Waals surface area contributed by atoms with Crippen LogP contribution in [0.5, 0.6) is 0 Å². The van der Waals surface area contributed by atoms with Crippen LogP contribution in [-0.4, -0.2) is 47.4 Å². The van der Waals surface area contributed by atoms with E-state index >= 15 is 0 Å². The lowest BCUT2D eigenvalue weighted by molar-refractivity contribution is 0.262. The van der Waals surface area contributed by atoms with Crippen LogP contribution in [0.3, 0.4) is 0 Å². The van der Waals surface area contributed by atoms with Gasteiger partial charge in [-0.15, -0.1) is 0 Å². The van der Waals surface area contributed by atoms with Crippen molar-refractivity contribution in [2.45, 2.75) is 26.3 Å². The van der Waals surface area contributed by atoms with E-state index in [1.165, 1.54) is 4.31 Å². The molecule has 7 heteroatoms. The Bertz CT molecular complexity index is 471. The number of nitrogens with one attached hydrogen (secondary N) is 1. The monoisotopic (exact) mass is 272 g/mol. The van der Waals surface area contributed by atoms with Gasteiger partial charge in [-0.1, -0.05) is 6.92 Å². The fraction of sp³-hybridized carbons (Fsp3) is 0.727. The first kappa shape index (κ1) is 13.5. The molecule has 0 amide bonds. The van der Waals surface area contributed by atoms with Gasteiger partial charge in [0.25, 0.3) is 10.2 Å². The van der Waals surface area contributed by atoms with E-state index < -0.39 is 10.2 Å². The van der Waals surface area contributed by atoms with E-state index in [4.69, 9.17) is 0 Å². The van der Waals surface area contributed by atoms with Crippen LogP contribution in [0.2, 0.25) is 0 Å². The molecule has 0 bridgehead atoms. The van der Waals surface area contributed by atoms with Gasteiger partial charge in [-0.25, -0.2) is 0 Å². The summed E-state index contributed by atoms with van der Waals surface area (Å²) < 4.78 is 27.7. The Morgan fingerprint density at radius 2 is 2.39 bits per heavy atom. The standard InChI is InChI=1S/C11H20N4O2S/c1-10-4-3-7-15(8-10)18(16,17)14(2)9-11-5-6-12-13-11/h5-6,10H,3-4,7-9H2,1-2H3,(H,12,13)/t10-/m1/s1. The Morgan fingerprint density at radius 1 is 1.61 bits per heavy atom. The number of aromatic amines is 1. The number of hydrogen-bond acceptors (Lipinski definition) is 3. The second kappa shape index (κ2) is 5.38. The minimum Gasteiger partial charge on any atom is -0.281 e. The molecule has 1 fully saturated rings. The van der Waals surface area contributed by atoms with Gasteiger partial charge in [0.05, 0.1) is 12.2 Å². The summed E-state index contributed by atoms with van der Waals surface area (Å²) in [5.41, 5.74) is 0.797. The van der Waals surface area contributed by atoms with E-state index in [-0.39, 0.29) is 0 Å². The average Bonchev–Trinajstić information content (AvgIpc) is 2.81. The van der Waals surface area contributed by atoms with Crippen molar-refractivity contribution in [3.8, 4) is 0 Å². The molecule has 0 saturated carbocycles. The maximum absolute atomic E-state index is 12.4. The molecule has 0 unspecified atom stereocenters. The van der Waals surface area contributed by atoms with Gasteiger partial charge in [-0.2, -0.15) is 22.1 Å². The highest BCUT2D eigenvalue weighted by molar-refractivity contribution is 7.86. The second-order valence-corrected chi connectivity index (χ2v) is 6.99. The molecule has 18 heavy (non-hydrogen) atoms. The number of H-pyrrole nitrogens is 1. The first-order valence-electron chi connectivity index (χ1n) is 6.20. The maximum atomic E-state index is 12.4. The Hall–Kier alpha value is -0.920. The molecule has 1 aliphatic heterocycles. The summed E-state index contributed by atoms with van der Waals surface area (Å²) in [5, 5.41) is 6.60. The largest absolute Gasteiger partial charge is 0.282 e. The van der Waals surface area contributed by atoms with Crippen LogP contribution in [0.1, 0.15) is 25.5 Å². The zero-order valence-electron chi connectivity index (χ0n) is 10.8.